The fourth-order valence-corrected chi connectivity index (χ4v) is 4.55. The number of benzene rings is 2. The molecule has 1 N–H and O–H groups in total. The van der Waals surface area contributed by atoms with Crippen LogP contribution in [0, 0.1) is 5.82 Å². The molecular formula is C26H27ClFN5O5. The lowest BCUT2D eigenvalue weighted by atomic mass is 9.91. The average Bonchev–Trinajstić information content (AvgIpc) is 3.39. The molecule has 12 heteroatoms. The second-order valence-electron chi connectivity index (χ2n) is 9.36. The van der Waals surface area contributed by atoms with Gasteiger partial charge < -0.3 is 24.2 Å². The first-order chi connectivity index (χ1) is 18.2. The number of fused-ring (bicyclic) bond motifs is 1. The van der Waals surface area contributed by atoms with Crippen LogP contribution in [-0.2, 0) is 19.0 Å². The summed E-state index contributed by atoms with van der Waals surface area (Å²) in [5.74, 6) is -0.779. The Labute approximate surface area is 223 Å². The highest BCUT2D eigenvalue weighted by Crippen LogP contribution is 2.39. The number of aliphatic imine (C=N–C) groups is 1. The molecule has 5 rings (SSSR count). The lowest BCUT2D eigenvalue weighted by Crippen LogP contribution is -2.61. The van der Waals surface area contributed by atoms with Gasteiger partial charge in [-0.2, -0.15) is 4.99 Å². The molecule has 0 bridgehead atoms. The van der Waals surface area contributed by atoms with Crippen molar-refractivity contribution in [3.8, 4) is 11.3 Å². The van der Waals surface area contributed by atoms with E-state index in [1.807, 2.05) is 30.3 Å². The summed E-state index contributed by atoms with van der Waals surface area (Å²) < 4.78 is 33.7. The third-order valence-corrected chi connectivity index (χ3v) is 6.95. The molecule has 2 fully saturated rings. The van der Waals surface area contributed by atoms with Crippen molar-refractivity contribution in [1.82, 2.24) is 19.9 Å². The van der Waals surface area contributed by atoms with Crippen LogP contribution in [0.15, 0.2) is 59.7 Å². The Morgan fingerprint density at radius 3 is 2.68 bits per heavy atom. The van der Waals surface area contributed by atoms with Crippen LogP contribution in [0.1, 0.15) is 24.8 Å². The minimum absolute atomic E-state index is 0.0127. The Bertz CT molecular complexity index is 1340. The molecule has 2 aromatic carbocycles. The Kier molecular flexibility index (Phi) is 7.55. The highest BCUT2D eigenvalue weighted by Gasteiger charge is 2.53. The van der Waals surface area contributed by atoms with E-state index < -0.39 is 48.5 Å². The smallest absolute Gasteiger partial charge is 0.279 e. The van der Waals surface area contributed by atoms with Crippen LogP contribution in [0.5, 0.6) is 0 Å². The highest BCUT2D eigenvalue weighted by atomic mass is 35.5. The van der Waals surface area contributed by atoms with Crippen molar-refractivity contribution in [2.24, 2.45) is 4.99 Å². The summed E-state index contributed by atoms with van der Waals surface area (Å²) in [7, 11) is 3.51. The largest absolute Gasteiger partial charge is 0.387 e. The summed E-state index contributed by atoms with van der Waals surface area (Å²) in [5.41, 5.74) is 1.59. The summed E-state index contributed by atoms with van der Waals surface area (Å²) in [6.07, 6.45) is -3.28. The SMILES string of the molecule is C/C(=N\C(=O)[C@@H]1O[C@@H]2CO[C@H](c3ccccc3)O[C@@H]2[C@H](n2cc(-c3ccc(Cl)c(F)c3)nn2)[C@H]1O)N(C)C. The molecule has 1 amide bonds. The van der Waals surface area contributed by atoms with Gasteiger partial charge in [-0.25, -0.2) is 9.07 Å². The minimum atomic E-state index is -1.38. The topological polar surface area (TPSA) is 111 Å². The maximum Gasteiger partial charge on any atom is 0.279 e. The van der Waals surface area contributed by atoms with E-state index in [1.54, 1.807) is 38.2 Å². The van der Waals surface area contributed by atoms with Crippen molar-refractivity contribution in [2.45, 2.75) is 43.7 Å². The molecule has 0 radical (unpaired) electrons. The molecule has 0 saturated carbocycles. The van der Waals surface area contributed by atoms with E-state index in [0.717, 1.165) is 5.56 Å². The predicted molar refractivity (Wildman–Crippen MR) is 136 cm³/mol. The number of aliphatic hydroxyl groups is 1. The molecule has 6 atom stereocenters. The maximum absolute atomic E-state index is 14.1. The van der Waals surface area contributed by atoms with Crippen molar-refractivity contribution in [3.05, 3.63) is 71.1 Å². The van der Waals surface area contributed by atoms with E-state index in [-0.39, 0.29) is 11.6 Å². The first-order valence-corrected chi connectivity index (χ1v) is 12.4. The molecule has 3 aromatic rings. The number of ether oxygens (including phenoxy) is 3. The van der Waals surface area contributed by atoms with Gasteiger partial charge in [0, 0.05) is 25.2 Å². The lowest BCUT2D eigenvalue weighted by molar-refractivity contribution is -0.312. The average molecular weight is 544 g/mol. The normalized spacial score (nSPS) is 27.6. The number of halogens is 2. The lowest BCUT2D eigenvalue weighted by Gasteiger charge is -2.47. The van der Waals surface area contributed by atoms with Crippen LogP contribution in [0.3, 0.4) is 0 Å². The number of amides is 1. The van der Waals surface area contributed by atoms with Crippen LogP contribution in [0.2, 0.25) is 5.02 Å². The van der Waals surface area contributed by atoms with E-state index in [9.17, 15) is 14.3 Å². The van der Waals surface area contributed by atoms with Crippen LogP contribution < -0.4 is 0 Å². The second kappa shape index (κ2) is 10.9. The summed E-state index contributed by atoms with van der Waals surface area (Å²) in [6.45, 7) is 1.79. The first kappa shape index (κ1) is 26.4. The zero-order chi connectivity index (χ0) is 27.0. The van der Waals surface area contributed by atoms with E-state index in [2.05, 4.69) is 15.3 Å². The van der Waals surface area contributed by atoms with Gasteiger partial charge in [0.05, 0.1) is 17.8 Å². The maximum atomic E-state index is 14.1. The fraction of sp³-hybridized carbons (Fsp3) is 0.385. The Morgan fingerprint density at radius 1 is 1.21 bits per heavy atom. The summed E-state index contributed by atoms with van der Waals surface area (Å²) in [6, 6.07) is 12.8. The second-order valence-corrected chi connectivity index (χ2v) is 9.76. The van der Waals surface area contributed by atoms with Crippen molar-refractivity contribution >= 4 is 23.3 Å². The van der Waals surface area contributed by atoms with Gasteiger partial charge in [-0.3, -0.25) is 4.79 Å². The molecule has 3 heterocycles. The van der Waals surface area contributed by atoms with Crippen LogP contribution in [0.4, 0.5) is 4.39 Å². The van der Waals surface area contributed by atoms with Gasteiger partial charge in [0.25, 0.3) is 5.91 Å². The number of carbonyl (C=O) groups excluding carboxylic acids is 1. The highest BCUT2D eigenvalue weighted by molar-refractivity contribution is 6.30. The van der Waals surface area contributed by atoms with Gasteiger partial charge in [-0.15, -0.1) is 5.10 Å². The van der Waals surface area contributed by atoms with Crippen LogP contribution >= 0.6 is 11.6 Å². The number of amidine groups is 1. The number of rotatable bonds is 4. The third kappa shape index (κ3) is 5.20. The van der Waals surface area contributed by atoms with Gasteiger partial charge in [0.1, 0.15) is 41.7 Å². The Morgan fingerprint density at radius 2 is 1.97 bits per heavy atom. The first-order valence-electron chi connectivity index (χ1n) is 12.0. The Hall–Kier alpha value is -3.22. The zero-order valence-corrected chi connectivity index (χ0v) is 21.7. The number of carbonyl (C=O) groups is 1. The van der Waals surface area contributed by atoms with Gasteiger partial charge in [-0.05, 0) is 19.1 Å². The Balaban J connectivity index is 1.50. The molecule has 10 nitrogen and oxygen atoms in total. The zero-order valence-electron chi connectivity index (χ0n) is 20.9. The number of aromatic nitrogens is 3. The van der Waals surface area contributed by atoms with Gasteiger partial charge in [-0.1, -0.05) is 53.2 Å². The van der Waals surface area contributed by atoms with E-state index in [1.165, 1.54) is 16.8 Å². The van der Waals surface area contributed by atoms with Crippen LogP contribution in [0.25, 0.3) is 11.3 Å². The van der Waals surface area contributed by atoms with Crippen LogP contribution in [-0.4, -0.2) is 81.9 Å². The molecule has 0 aliphatic carbocycles. The van der Waals surface area contributed by atoms with E-state index >= 15 is 0 Å². The molecule has 0 unspecified atom stereocenters. The summed E-state index contributed by atoms with van der Waals surface area (Å²) in [4.78, 5) is 18.8. The van der Waals surface area contributed by atoms with Crippen molar-refractivity contribution in [3.63, 3.8) is 0 Å². The molecule has 2 aliphatic rings. The molecule has 38 heavy (non-hydrogen) atoms. The molecule has 0 spiro atoms. The number of hydrogen-bond donors (Lipinski definition) is 1. The molecule has 2 aliphatic heterocycles. The predicted octanol–water partition coefficient (Wildman–Crippen LogP) is 3.03. The van der Waals surface area contributed by atoms with Gasteiger partial charge >= 0.3 is 0 Å². The van der Waals surface area contributed by atoms with Crippen molar-refractivity contribution in [1.29, 1.82) is 0 Å². The third-order valence-electron chi connectivity index (χ3n) is 6.64. The van der Waals surface area contributed by atoms with Crippen molar-refractivity contribution < 1.29 is 28.5 Å². The van der Waals surface area contributed by atoms with Gasteiger partial charge in [0.15, 0.2) is 12.4 Å². The molecule has 1 aromatic heterocycles. The number of hydrogen-bond acceptors (Lipinski definition) is 7. The minimum Gasteiger partial charge on any atom is -0.387 e. The summed E-state index contributed by atoms with van der Waals surface area (Å²) in [5, 5.41) is 19.8. The van der Waals surface area contributed by atoms with E-state index in [4.69, 9.17) is 25.8 Å². The van der Waals surface area contributed by atoms with Crippen molar-refractivity contribution in [2.75, 3.05) is 20.7 Å². The quantitative estimate of drug-likeness (QED) is 0.395. The molecule has 200 valence electrons. The standard InChI is InChI=1S/C26H27ClFN5O5/c1-14(32(2)3)29-25(35)24-22(34)21(33-12-19(30-31-33)16-9-10-17(27)18(28)11-16)23-20(37-24)13-36-26(38-23)15-7-5-4-6-8-15/h4-12,20-24,26,34H,13H2,1-3H3/b29-14+/t20-,21-,22-,23+,24-,26+/m1/s1. The number of nitrogens with zero attached hydrogens (tertiary/aromatic N) is 5. The van der Waals surface area contributed by atoms with Gasteiger partial charge in [0.2, 0.25) is 0 Å². The molecular weight excluding hydrogens is 517 g/mol. The summed E-state index contributed by atoms with van der Waals surface area (Å²) >= 11 is 5.82. The van der Waals surface area contributed by atoms with E-state index in [0.29, 0.717) is 17.1 Å². The molecule has 2 saturated heterocycles. The fourth-order valence-electron chi connectivity index (χ4n) is 4.44. The monoisotopic (exact) mass is 543 g/mol. The number of aliphatic hydroxyl groups excluding tert-OH is 1.